The molecule has 5 heteroatoms. The van der Waals surface area contributed by atoms with Gasteiger partial charge in [0.05, 0.1) is 0 Å². The predicted octanol–water partition coefficient (Wildman–Crippen LogP) is 1.63. The third kappa shape index (κ3) is 3.05. The van der Waals surface area contributed by atoms with Gasteiger partial charge in [-0.2, -0.15) is 0 Å². The lowest BCUT2D eigenvalue weighted by Crippen LogP contribution is -2.32. The van der Waals surface area contributed by atoms with Crippen molar-refractivity contribution in [3.63, 3.8) is 0 Å². The highest BCUT2D eigenvalue weighted by atomic mass is 16.2. The van der Waals surface area contributed by atoms with E-state index in [4.69, 9.17) is 0 Å². The minimum atomic E-state index is -0.221. The topological polar surface area (TPSA) is 70.7 Å². The summed E-state index contributed by atoms with van der Waals surface area (Å²) < 4.78 is 0. The number of aromatic amines is 1. The first-order valence-electron chi connectivity index (χ1n) is 5.58. The maximum Gasteiger partial charge on any atom is 0.291 e. The molecule has 0 saturated carbocycles. The quantitative estimate of drug-likeness (QED) is 0.819. The van der Waals surface area contributed by atoms with Crippen LogP contribution < -0.4 is 5.32 Å². The van der Waals surface area contributed by atoms with Gasteiger partial charge in [0.1, 0.15) is 5.82 Å². The Hall–Kier alpha value is -1.39. The molecule has 1 aromatic rings. The number of nitrogens with one attached hydrogen (secondary N) is 2. The summed E-state index contributed by atoms with van der Waals surface area (Å²) in [6, 6.07) is 0.143. The SMILES string of the molecule is CCC(C)NC(=O)c1n[nH]c(C(C)(C)C)n1. The molecule has 0 spiro atoms. The first kappa shape index (κ1) is 12.7. The summed E-state index contributed by atoms with van der Waals surface area (Å²) in [6.07, 6.45) is 0.891. The van der Waals surface area contributed by atoms with Crippen molar-refractivity contribution in [3.8, 4) is 0 Å². The lowest BCUT2D eigenvalue weighted by atomic mass is 9.96. The van der Waals surface area contributed by atoms with Crippen LogP contribution in [0.5, 0.6) is 0 Å². The highest BCUT2D eigenvalue weighted by molar-refractivity contribution is 5.90. The number of nitrogens with zero attached hydrogens (tertiary/aromatic N) is 2. The molecule has 1 unspecified atom stereocenters. The summed E-state index contributed by atoms with van der Waals surface area (Å²) in [4.78, 5) is 15.9. The van der Waals surface area contributed by atoms with E-state index >= 15 is 0 Å². The van der Waals surface area contributed by atoms with Gasteiger partial charge in [0.25, 0.3) is 5.91 Å². The minimum absolute atomic E-state index is 0.123. The maximum absolute atomic E-state index is 11.7. The molecule has 0 aliphatic carbocycles. The fourth-order valence-corrected chi connectivity index (χ4v) is 1.09. The Labute approximate surface area is 96.0 Å². The van der Waals surface area contributed by atoms with E-state index in [9.17, 15) is 4.79 Å². The van der Waals surface area contributed by atoms with Crippen LogP contribution in [-0.2, 0) is 5.41 Å². The number of amides is 1. The molecule has 0 aliphatic rings. The minimum Gasteiger partial charge on any atom is -0.347 e. The van der Waals surface area contributed by atoms with Crippen LogP contribution in [-0.4, -0.2) is 27.1 Å². The van der Waals surface area contributed by atoms with Gasteiger partial charge in [-0.1, -0.05) is 27.7 Å². The number of hydrogen-bond acceptors (Lipinski definition) is 3. The first-order chi connectivity index (χ1) is 7.34. The third-order valence-electron chi connectivity index (χ3n) is 2.39. The summed E-state index contributed by atoms with van der Waals surface area (Å²) >= 11 is 0. The number of hydrogen-bond donors (Lipinski definition) is 2. The Kier molecular flexibility index (Phi) is 3.67. The summed E-state index contributed by atoms with van der Waals surface area (Å²) in [6.45, 7) is 10.0. The fraction of sp³-hybridized carbons (Fsp3) is 0.727. The van der Waals surface area contributed by atoms with Crippen molar-refractivity contribution in [2.45, 2.75) is 52.5 Å². The molecular weight excluding hydrogens is 204 g/mol. The monoisotopic (exact) mass is 224 g/mol. The summed E-state index contributed by atoms with van der Waals surface area (Å²) in [5, 5.41) is 9.54. The van der Waals surface area contributed by atoms with Crippen LogP contribution in [0.4, 0.5) is 0 Å². The fourth-order valence-electron chi connectivity index (χ4n) is 1.09. The summed E-state index contributed by atoms with van der Waals surface area (Å²) in [7, 11) is 0. The lowest BCUT2D eigenvalue weighted by molar-refractivity contribution is 0.0929. The number of carbonyl (C=O) groups is 1. The Morgan fingerprint density at radius 1 is 1.50 bits per heavy atom. The van der Waals surface area contributed by atoms with Crippen LogP contribution in [0, 0.1) is 0 Å². The maximum atomic E-state index is 11.7. The van der Waals surface area contributed by atoms with Crippen LogP contribution in [0.1, 0.15) is 57.5 Å². The van der Waals surface area contributed by atoms with E-state index in [1.807, 2.05) is 34.6 Å². The average molecular weight is 224 g/mol. The molecule has 1 aromatic heterocycles. The normalized spacial score (nSPS) is 13.6. The van der Waals surface area contributed by atoms with Crippen molar-refractivity contribution in [3.05, 3.63) is 11.6 Å². The predicted molar refractivity (Wildman–Crippen MR) is 62.3 cm³/mol. The Morgan fingerprint density at radius 3 is 2.56 bits per heavy atom. The van der Waals surface area contributed by atoms with E-state index in [-0.39, 0.29) is 23.2 Å². The summed E-state index contributed by atoms with van der Waals surface area (Å²) in [5.74, 6) is 0.716. The van der Waals surface area contributed by atoms with E-state index in [0.29, 0.717) is 0 Å². The Morgan fingerprint density at radius 2 is 2.12 bits per heavy atom. The Bertz CT molecular complexity index is 364. The zero-order valence-electron chi connectivity index (χ0n) is 10.6. The molecule has 0 saturated heterocycles. The van der Waals surface area contributed by atoms with Crippen LogP contribution in [0.3, 0.4) is 0 Å². The van der Waals surface area contributed by atoms with Crippen molar-refractivity contribution in [2.24, 2.45) is 0 Å². The van der Waals surface area contributed by atoms with Gasteiger partial charge in [0.2, 0.25) is 5.82 Å². The number of rotatable bonds is 3. The third-order valence-corrected chi connectivity index (χ3v) is 2.39. The van der Waals surface area contributed by atoms with Gasteiger partial charge in [-0.25, -0.2) is 4.98 Å². The second-order valence-electron chi connectivity index (χ2n) is 5.04. The number of aromatic nitrogens is 3. The van der Waals surface area contributed by atoms with Crippen molar-refractivity contribution < 1.29 is 4.79 Å². The van der Waals surface area contributed by atoms with Crippen LogP contribution in [0.15, 0.2) is 0 Å². The molecule has 2 N–H and O–H groups in total. The lowest BCUT2D eigenvalue weighted by Gasteiger charge is -2.13. The highest BCUT2D eigenvalue weighted by Gasteiger charge is 2.21. The molecule has 1 heterocycles. The second kappa shape index (κ2) is 4.63. The smallest absolute Gasteiger partial charge is 0.291 e. The molecular formula is C11H20N4O. The zero-order valence-corrected chi connectivity index (χ0v) is 10.6. The van der Waals surface area contributed by atoms with Crippen LogP contribution in [0.2, 0.25) is 0 Å². The highest BCUT2D eigenvalue weighted by Crippen LogP contribution is 2.17. The number of H-pyrrole nitrogens is 1. The second-order valence-corrected chi connectivity index (χ2v) is 5.04. The van der Waals surface area contributed by atoms with Gasteiger partial charge in [0, 0.05) is 11.5 Å². The molecule has 0 fully saturated rings. The van der Waals surface area contributed by atoms with E-state index in [1.54, 1.807) is 0 Å². The van der Waals surface area contributed by atoms with Gasteiger partial charge in [-0.15, -0.1) is 5.10 Å². The van der Waals surface area contributed by atoms with Crippen molar-refractivity contribution in [2.75, 3.05) is 0 Å². The zero-order chi connectivity index (χ0) is 12.3. The molecule has 0 radical (unpaired) electrons. The number of carbonyl (C=O) groups excluding carboxylic acids is 1. The van der Waals surface area contributed by atoms with Crippen molar-refractivity contribution >= 4 is 5.91 Å². The molecule has 16 heavy (non-hydrogen) atoms. The summed E-state index contributed by atoms with van der Waals surface area (Å²) in [5.41, 5.74) is -0.123. The molecule has 0 aliphatic heterocycles. The van der Waals surface area contributed by atoms with Gasteiger partial charge in [-0.3, -0.25) is 9.89 Å². The van der Waals surface area contributed by atoms with Crippen molar-refractivity contribution in [1.82, 2.24) is 20.5 Å². The van der Waals surface area contributed by atoms with Crippen molar-refractivity contribution in [1.29, 1.82) is 0 Å². The van der Waals surface area contributed by atoms with E-state index in [0.717, 1.165) is 12.2 Å². The average Bonchev–Trinajstić information content (AvgIpc) is 2.65. The van der Waals surface area contributed by atoms with Gasteiger partial charge in [0.15, 0.2) is 0 Å². The van der Waals surface area contributed by atoms with E-state index in [2.05, 4.69) is 20.5 Å². The molecule has 1 rings (SSSR count). The molecule has 1 amide bonds. The molecule has 5 nitrogen and oxygen atoms in total. The molecule has 0 bridgehead atoms. The van der Waals surface area contributed by atoms with Gasteiger partial charge < -0.3 is 5.32 Å². The van der Waals surface area contributed by atoms with Crippen LogP contribution in [0.25, 0.3) is 0 Å². The van der Waals surface area contributed by atoms with E-state index < -0.39 is 0 Å². The largest absolute Gasteiger partial charge is 0.347 e. The van der Waals surface area contributed by atoms with Gasteiger partial charge >= 0.3 is 0 Å². The van der Waals surface area contributed by atoms with Crippen LogP contribution >= 0.6 is 0 Å². The van der Waals surface area contributed by atoms with Gasteiger partial charge in [-0.05, 0) is 13.3 Å². The molecule has 0 aromatic carbocycles. The Balaban J connectivity index is 2.75. The van der Waals surface area contributed by atoms with E-state index in [1.165, 1.54) is 0 Å². The standard InChI is InChI=1S/C11H20N4O/c1-6-7(2)12-9(16)8-13-10(15-14-8)11(3,4)5/h7H,6H2,1-5H3,(H,12,16)(H,13,14,15). The molecule has 1 atom stereocenters. The molecule has 90 valence electrons. The first-order valence-corrected chi connectivity index (χ1v) is 5.58.